The van der Waals surface area contributed by atoms with Crippen LogP contribution in [0.3, 0.4) is 0 Å². The molecule has 0 radical (unpaired) electrons. The van der Waals surface area contributed by atoms with Crippen molar-refractivity contribution in [3.8, 4) is 0 Å². The second kappa shape index (κ2) is 3.76. The highest BCUT2D eigenvalue weighted by atomic mass is 15.1. The van der Waals surface area contributed by atoms with Gasteiger partial charge in [0.25, 0.3) is 0 Å². The number of aliphatic imine (C=N–C) groups is 1. The summed E-state index contributed by atoms with van der Waals surface area (Å²) in [4.78, 5) is 6.12. The van der Waals surface area contributed by atoms with Gasteiger partial charge in [-0.15, -0.1) is 0 Å². The minimum Gasteiger partial charge on any atom is -0.369 e. The number of hydrogen-bond donors (Lipinski definition) is 0. The maximum absolute atomic E-state index is 4.21. The summed E-state index contributed by atoms with van der Waals surface area (Å²) in [6.45, 7) is 0. The predicted molar refractivity (Wildman–Crippen MR) is 48.3 cm³/mol. The van der Waals surface area contributed by atoms with Crippen LogP contribution in [-0.4, -0.2) is 25.3 Å². The molecule has 2 nitrogen and oxygen atoms in total. The van der Waals surface area contributed by atoms with Crippen LogP contribution >= 0.6 is 0 Å². The van der Waals surface area contributed by atoms with Crippen molar-refractivity contribution in [3.63, 3.8) is 0 Å². The van der Waals surface area contributed by atoms with Crippen LogP contribution in [0, 0.1) is 0 Å². The molecule has 0 aliphatic heterocycles. The lowest BCUT2D eigenvalue weighted by molar-refractivity contribution is 0.643. The first-order chi connectivity index (χ1) is 5.29. The molecule has 0 bridgehead atoms. The molecule has 0 saturated carbocycles. The van der Waals surface area contributed by atoms with Gasteiger partial charge in [0.15, 0.2) is 0 Å². The fourth-order valence-electron chi connectivity index (χ4n) is 0.696. The highest BCUT2D eigenvalue weighted by molar-refractivity contribution is 5.60. The summed E-state index contributed by atoms with van der Waals surface area (Å²) in [6, 6.07) is 9.87. The van der Waals surface area contributed by atoms with E-state index in [-0.39, 0.29) is 0 Å². The van der Waals surface area contributed by atoms with E-state index < -0.39 is 0 Å². The lowest BCUT2D eigenvalue weighted by Gasteiger charge is -2.01. The van der Waals surface area contributed by atoms with E-state index in [0.717, 1.165) is 5.69 Å². The molecule has 1 aromatic rings. The Morgan fingerprint density at radius 2 is 1.82 bits per heavy atom. The third kappa shape index (κ3) is 2.85. The minimum atomic E-state index is 0.987. The van der Waals surface area contributed by atoms with Gasteiger partial charge in [-0.05, 0) is 12.1 Å². The molecule has 0 saturated heterocycles. The zero-order valence-corrected chi connectivity index (χ0v) is 6.86. The fourth-order valence-corrected chi connectivity index (χ4v) is 0.696. The molecule has 58 valence electrons. The Balaban J connectivity index is 2.65. The summed E-state index contributed by atoms with van der Waals surface area (Å²) >= 11 is 0. The Kier molecular flexibility index (Phi) is 2.66. The lowest BCUT2D eigenvalue weighted by Crippen LogP contribution is -2.06. The van der Waals surface area contributed by atoms with Crippen molar-refractivity contribution < 1.29 is 0 Å². The minimum absolute atomic E-state index is 0.987. The number of nitrogens with zero attached hydrogens (tertiary/aromatic N) is 2. The Hall–Kier alpha value is -1.31. The summed E-state index contributed by atoms with van der Waals surface area (Å²) in [5.41, 5.74) is 0.987. The van der Waals surface area contributed by atoms with Crippen molar-refractivity contribution >= 4 is 12.0 Å². The van der Waals surface area contributed by atoms with E-state index in [0.29, 0.717) is 0 Å². The molecule has 0 aliphatic carbocycles. The van der Waals surface area contributed by atoms with Crippen molar-refractivity contribution in [1.82, 2.24) is 4.90 Å². The van der Waals surface area contributed by atoms with Gasteiger partial charge in [0.05, 0.1) is 12.0 Å². The molecule has 0 aliphatic rings. The average molecular weight is 148 g/mol. The van der Waals surface area contributed by atoms with Gasteiger partial charge in [-0.2, -0.15) is 0 Å². The van der Waals surface area contributed by atoms with E-state index in [1.807, 2.05) is 49.3 Å². The second-order valence-electron chi connectivity index (χ2n) is 2.54. The zero-order chi connectivity index (χ0) is 8.10. The fraction of sp³-hybridized carbons (Fsp3) is 0.222. The number of benzene rings is 1. The van der Waals surface area contributed by atoms with Crippen molar-refractivity contribution in [3.05, 3.63) is 30.3 Å². The van der Waals surface area contributed by atoms with E-state index >= 15 is 0 Å². The topological polar surface area (TPSA) is 15.6 Å². The first-order valence-electron chi connectivity index (χ1n) is 3.55. The Morgan fingerprint density at radius 3 is 2.36 bits per heavy atom. The van der Waals surface area contributed by atoms with E-state index in [1.54, 1.807) is 6.34 Å². The third-order valence-electron chi connectivity index (χ3n) is 1.19. The summed E-state index contributed by atoms with van der Waals surface area (Å²) < 4.78 is 0. The molecule has 0 atom stereocenters. The van der Waals surface area contributed by atoms with Crippen LogP contribution in [0.15, 0.2) is 35.3 Å². The summed E-state index contributed by atoms with van der Waals surface area (Å²) in [5, 5.41) is 0. The maximum Gasteiger partial charge on any atom is 0.0907 e. The third-order valence-corrected chi connectivity index (χ3v) is 1.19. The molecule has 11 heavy (non-hydrogen) atoms. The highest BCUT2D eigenvalue weighted by Crippen LogP contribution is 2.07. The Bertz CT molecular complexity index is 227. The second-order valence-corrected chi connectivity index (χ2v) is 2.54. The van der Waals surface area contributed by atoms with Gasteiger partial charge in [0.2, 0.25) is 0 Å². The number of para-hydroxylation sites is 1. The first-order valence-corrected chi connectivity index (χ1v) is 3.55. The molecular weight excluding hydrogens is 136 g/mol. The number of rotatable bonds is 2. The molecule has 1 aromatic carbocycles. The quantitative estimate of drug-likeness (QED) is 0.462. The molecule has 0 amide bonds. The summed E-state index contributed by atoms with van der Waals surface area (Å²) in [7, 11) is 3.90. The van der Waals surface area contributed by atoms with E-state index in [2.05, 4.69) is 4.99 Å². The first kappa shape index (κ1) is 7.79. The molecule has 0 spiro atoms. The van der Waals surface area contributed by atoms with Gasteiger partial charge in [-0.1, -0.05) is 18.2 Å². The zero-order valence-electron chi connectivity index (χ0n) is 6.86. The van der Waals surface area contributed by atoms with Crippen molar-refractivity contribution in [2.45, 2.75) is 0 Å². The normalized spacial score (nSPS) is 10.4. The molecule has 0 fully saturated rings. The van der Waals surface area contributed by atoms with Gasteiger partial charge >= 0.3 is 0 Å². The molecule has 2 heteroatoms. The predicted octanol–water partition coefficient (Wildman–Crippen LogP) is 1.91. The molecule has 0 heterocycles. The van der Waals surface area contributed by atoms with Gasteiger partial charge in [0, 0.05) is 14.1 Å². The maximum atomic E-state index is 4.21. The summed E-state index contributed by atoms with van der Waals surface area (Å²) in [6.07, 6.45) is 1.79. The average Bonchev–Trinajstić information content (AvgIpc) is 2.03. The van der Waals surface area contributed by atoms with Crippen LogP contribution in [0.5, 0.6) is 0 Å². The van der Waals surface area contributed by atoms with Crippen LogP contribution in [0.25, 0.3) is 0 Å². The van der Waals surface area contributed by atoms with E-state index in [4.69, 9.17) is 0 Å². The molecular formula is C9H12N2. The van der Waals surface area contributed by atoms with Crippen LogP contribution in [-0.2, 0) is 0 Å². The molecule has 0 N–H and O–H groups in total. The van der Waals surface area contributed by atoms with Crippen LogP contribution in [0.2, 0.25) is 0 Å². The van der Waals surface area contributed by atoms with Crippen molar-refractivity contribution in [2.75, 3.05) is 14.1 Å². The van der Waals surface area contributed by atoms with Gasteiger partial charge in [-0.3, -0.25) is 0 Å². The van der Waals surface area contributed by atoms with Gasteiger partial charge in [0.1, 0.15) is 0 Å². The smallest absolute Gasteiger partial charge is 0.0907 e. The molecule has 0 aromatic heterocycles. The van der Waals surface area contributed by atoms with Gasteiger partial charge < -0.3 is 4.90 Å². The van der Waals surface area contributed by atoms with Crippen molar-refractivity contribution in [2.24, 2.45) is 4.99 Å². The highest BCUT2D eigenvalue weighted by Gasteiger charge is 1.82. The number of hydrogen-bond acceptors (Lipinski definition) is 1. The summed E-state index contributed by atoms with van der Waals surface area (Å²) in [5.74, 6) is 0. The van der Waals surface area contributed by atoms with E-state index in [9.17, 15) is 0 Å². The molecule has 1 rings (SSSR count). The van der Waals surface area contributed by atoms with Crippen LogP contribution < -0.4 is 0 Å². The van der Waals surface area contributed by atoms with E-state index in [1.165, 1.54) is 0 Å². The van der Waals surface area contributed by atoms with Crippen LogP contribution in [0.1, 0.15) is 0 Å². The Labute approximate surface area is 67.2 Å². The van der Waals surface area contributed by atoms with Crippen molar-refractivity contribution in [1.29, 1.82) is 0 Å². The Morgan fingerprint density at radius 1 is 1.18 bits per heavy atom. The molecule has 0 unspecified atom stereocenters. The lowest BCUT2D eigenvalue weighted by atomic mass is 10.3. The monoisotopic (exact) mass is 148 g/mol. The van der Waals surface area contributed by atoms with Crippen LogP contribution in [0.4, 0.5) is 5.69 Å². The largest absolute Gasteiger partial charge is 0.369 e. The SMILES string of the molecule is CN(C)/C=N/c1ccccc1. The van der Waals surface area contributed by atoms with Gasteiger partial charge in [-0.25, -0.2) is 4.99 Å². The standard InChI is InChI=1S/C9H12N2/c1-11(2)8-10-9-6-4-3-5-7-9/h3-8H,1-2H3/b10-8+.